The highest BCUT2D eigenvalue weighted by Gasteiger charge is 2.28. The number of benzene rings is 1. The Morgan fingerprint density at radius 3 is 2.29 bits per heavy atom. The van der Waals surface area contributed by atoms with Crippen molar-refractivity contribution in [3.8, 4) is 0 Å². The molecule has 0 amide bonds. The van der Waals surface area contributed by atoms with Crippen molar-refractivity contribution in [3.05, 3.63) is 32.8 Å². The molecule has 0 heterocycles. The second-order valence-corrected chi connectivity index (χ2v) is 4.77. The zero-order valence-electron chi connectivity index (χ0n) is 8.49. The molecule has 96 valence electrons. The Balaban J connectivity index is 2.85. The van der Waals surface area contributed by atoms with E-state index < -0.39 is 18.6 Å². The van der Waals surface area contributed by atoms with Gasteiger partial charge >= 0.3 is 6.18 Å². The molecule has 1 rings (SSSR count). The first-order valence-electron chi connectivity index (χ1n) is 4.67. The van der Waals surface area contributed by atoms with Gasteiger partial charge in [-0.2, -0.15) is 13.2 Å². The summed E-state index contributed by atoms with van der Waals surface area (Å²) in [6, 6.07) is 1.99. The predicted molar refractivity (Wildman–Crippen MR) is 63.7 cm³/mol. The van der Waals surface area contributed by atoms with E-state index in [1.165, 1.54) is 12.1 Å². The standard InChI is InChI=1S/C10H9Cl3F3N/c11-5-3-6(9(13)7(12)4-5)8(17)1-2-10(14,15)16/h3-4,8H,1-2,17H2/t8-/m0/s1. The first-order valence-corrected chi connectivity index (χ1v) is 5.81. The van der Waals surface area contributed by atoms with E-state index >= 15 is 0 Å². The summed E-state index contributed by atoms with van der Waals surface area (Å²) in [4.78, 5) is 0. The molecule has 17 heavy (non-hydrogen) atoms. The molecule has 0 saturated heterocycles. The van der Waals surface area contributed by atoms with Crippen LogP contribution >= 0.6 is 34.8 Å². The van der Waals surface area contributed by atoms with Crippen molar-refractivity contribution in [1.82, 2.24) is 0 Å². The quantitative estimate of drug-likeness (QED) is 0.782. The average Bonchev–Trinajstić information content (AvgIpc) is 2.19. The van der Waals surface area contributed by atoms with E-state index in [2.05, 4.69) is 0 Å². The molecule has 7 heteroatoms. The van der Waals surface area contributed by atoms with E-state index in [1.807, 2.05) is 0 Å². The van der Waals surface area contributed by atoms with Gasteiger partial charge in [0.2, 0.25) is 0 Å². The summed E-state index contributed by atoms with van der Waals surface area (Å²) < 4.78 is 36.2. The molecule has 0 unspecified atom stereocenters. The third kappa shape index (κ3) is 4.54. The summed E-state index contributed by atoms with van der Waals surface area (Å²) in [6.45, 7) is 0. The Morgan fingerprint density at radius 2 is 1.76 bits per heavy atom. The number of alkyl halides is 3. The Bertz CT molecular complexity index is 407. The van der Waals surface area contributed by atoms with E-state index in [0.29, 0.717) is 5.56 Å². The number of nitrogens with two attached hydrogens (primary N) is 1. The summed E-state index contributed by atoms with van der Waals surface area (Å²) in [5.74, 6) is 0. The highest BCUT2D eigenvalue weighted by molar-refractivity contribution is 6.43. The lowest BCUT2D eigenvalue weighted by atomic mass is 10.0. The number of hydrogen-bond donors (Lipinski definition) is 1. The van der Waals surface area contributed by atoms with Crippen LogP contribution in [0.3, 0.4) is 0 Å². The van der Waals surface area contributed by atoms with Crippen LogP contribution in [0.1, 0.15) is 24.4 Å². The van der Waals surface area contributed by atoms with E-state index in [1.54, 1.807) is 0 Å². The van der Waals surface area contributed by atoms with Crippen molar-refractivity contribution in [2.75, 3.05) is 0 Å². The van der Waals surface area contributed by atoms with Gasteiger partial charge in [0.15, 0.2) is 0 Å². The maximum Gasteiger partial charge on any atom is 0.389 e. The normalized spacial score (nSPS) is 13.8. The van der Waals surface area contributed by atoms with Crippen molar-refractivity contribution in [2.45, 2.75) is 25.1 Å². The summed E-state index contributed by atoms with van der Waals surface area (Å²) in [5.41, 5.74) is 5.97. The molecule has 0 aliphatic heterocycles. The number of halogens is 6. The minimum absolute atomic E-state index is 0.144. The molecule has 1 nitrogen and oxygen atoms in total. The monoisotopic (exact) mass is 305 g/mol. The van der Waals surface area contributed by atoms with Crippen LogP contribution in [0.25, 0.3) is 0 Å². The first kappa shape index (κ1) is 14.9. The topological polar surface area (TPSA) is 26.0 Å². The van der Waals surface area contributed by atoms with Crippen LogP contribution in [-0.4, -0.2) is 6.18 Å². The fourth-order valence-corrected chi connectivity index (χ4v) is 2.08. The van der Waals surface area contributed by atoms with Crippen LogP contribution in [-0.2, 0) is 0 Å². The molecule has 1 aromatic rings. The van der Waals surface area contributed by atoms with Crippen LogP contribution in [0.4, 0.5) is 13.2 Å². The van der Waals surface area contributed by atoms with Gasteiger partial charge in [0.1, 0.15) is 0 Å². The van der Waals surface area contributed by atoms with Crippen LogP contribution in [0, 0.1) is 0 Å². The van der Waals surface area contributed by atoms with Crippen LogP contribution < -0.4 is 5.73 Å². The lowest BCUT2D eigenvalue weighted by Crippen LogP contribution is -2.16. The van der Waals surface area contributed by atoms with Crippen molar-refractivity contribution in [3.63, 3.8) is 0 Å². The van der Waals surface area contributed by atoms with E-state index in [4.69, 9.17) is 40.5 Å². The Hall–Kier alpha value is -0.160. The lowest BCUT2D eigenvalue weighted by molar-refractivity contribution is -0.136. The van der Waals surface area contributed by atoms with Gasteiger partial charge in [-0.15, -0.1) is 0 Å². The van der Waals surface area contributed by atoms with E-state index in [0.717, 1.165) is 0 Å². The number of hydrogen-bond acceptors (Lipinski definition) is 1. The fourth-order valence-electron chi connectivity index (χ4n) is 1.32. The summed E-state index contributed by atoms with van der Waals surface area (Å²) in [6.07, 6.45) is -5.49. The Labute approximate surface area is 112 Å². The fraction of sp³-hybridized carbons (Fsp3) is 0.400. The van der Waals surface area contributed by atoms with Gasteiger partial charge in [0, 0.05) is 17.5 Å². The zero-order valence-corrected chi connectivity index (χ0v) is 10.8. The van der Waals surface area contributed by atoms with Gasteiger partial charge in [-0.05, 0) is 24.1 Å². The molecule has 1 aromatic carbocycles. The molecule has 2 N–H and O–H groups in total. The molecule has 0 saturated carbocycles. The highest BCUT2D eigenvalue weighted by Crippen LogP contribution is 2.35. The van der Waals surface area contributed by atoms with Gasteiger partial charge < -0.3 is 5.73 Å². The molecule has 0 bridgehead atoms. The highest BCUT2D eigenvalue weighted by atomic mass is 35.5. The van der Waals surface area contributed by atoms with Crippen LogP contribution in [0.2, 0.25) is 15.1 Å². The molecule has 0 aliphatic carbocycles. The van der Waals surface area contributed by atoms with Gasteiger partial charge in [-0.3, -0.25) is 0 Å². The molecule has 1 atom stereocenters. The third-order valence-electron chi connectivity index (χ3n) is 2.16. The van der Waals surface area contributed by atoms with Crippen molar-refractivity contribution in [1.29, 1.82) is 0 Å². The predicted octanol–water partition coefficient (Wildman–Crippen LogP) is 4.99. The van der Waals surface area contributed by atoms with Crippen molar-refractivity contribution < 1.29 is 13.2 Å². The molecule has 0 aromatic heterocycles. The van der Waals surface area contributed by atoms with Gasteiger partial charge in [-0.25, -0.2) is 0 Å². The Kier molecular flexibility index (Phi) is 4.95. The zero-order chi connectivity index (χ0) is 13.2. The Morgan fingerprint density at radius 1 is 1.18 bits per heavy atom. The van der Waals surface area contributed by atoms with Crippen LogP contribution in [0.15, 0.2) is 12.1 Å². The summed E-state index contributed by atoms with van der Waals surface area (Å²) in [7, 11) is 0. The second kappa shape index (κ2) is 5.65. The maximum atomic E-state index is 12.1. The summed E-state index contributed by atoms with van der Waals surface area (Å²) >= 11 is 17.4. The van der Waals surface area contributed by atoms with E-state index in [9.17, 15) is 13.2 Å². The minimum Gasteiger partial charge on any atom is -0.324 e. The molecular weight excluding hydrogens is 297 g/mol. The molecular formula is C10H9Cl3F3N. The molecule has 0 aliphatic rings. The van der Waals surface area contributed by atoms with E-state index in [-0.39, 0.29) is 21.5 Å². The molecule has 0 fully saturated rings. The first-order chi connectivity index (χ1) is 7.70. The summed E-state index contributed by atoms with van der Waals surface area (Å²) in [5, 5.41) is 0.610. The molecule has 0 spiro atoms. The van der Waals surface area contributed by atoms with Gasteiger partial charge in [-0.1, -0.05) is 34.8 Å². The van der Waals surface area contributed by atoms with Crippen molar-refractivity contribution >= 4 is 34.8 Å². The maximum absolute atomic E-state index is 12.1. The third-order valence-corrected chi connectivity index (χ3v) is 3.19. The van der Waals surface area contributed by atoms with Gasteiger partial charge in [0.25, 0.3) is 0 Å². The minimum atomic E-state index is -4.24. The SMILES string of the molecule is N[C@@H](CCC(F)(F)F)c1cc(Cl)cc(Cl)c1Cl. The largest absolute Gasteiger partial charge is 0.389 e. The smallest absolute Gasteiger partial charge is 0.324 e. The van der Waals surface area contributed by atoms with Crippen molar-refractivity contribution in [2.24, 2.45) is 5.73 Å². The lowest BCUT2D eigenvalue weighted by Gasteiger charge is -2.16. The van der Waals surface area contributed by atoms with Gasteiger partial charge in [0.05, 0.1) is 10.0 Å². The van der Waals surface area contributed by atoms with Crippen LogP contribution in [0.5, 0.6) is 0 Å². The molecule has 0 radical (unpaired) electrons. The second-order valence-electron chi connectivity index (χ2n) is 3.55. The number of rotatable bonds is 3. The average molecular weight is 307 g/mol.